The predicted octanol–water partition coefficient (Wildman–Crippen LogP) is 2.87. The molecule has 0 heterocycles. The van der Waals surface area contributed by atoms with Gasteiger partial charge >= 0.3 is 0 Å². The van der Waals surface area contributed by atoms with Gasteiger partial charge in [-0.25, -0.2) is 0 Å². The Kier molecular flexibility index (Phi) is 5.51. The Morgan fingerprint density at radius 3 is 2.41 bits per heavy atom. The van der Waals surface area contributed by atoms with Crippen LogP contribution in [-0.2, 0) is 6.54 Å². The number of rotatable bonds is 6. The second kappa shape index (κ2) is 6.93. The van der Waals surface area contributed by atoms with E-state index in [0.717, 1.165) is 12.3 Å². The summed E-state index contributed by atoms with van der Waals surface area (Å²) in [6.07, 6.45) is 0.349. The third-order valence-corrected chi connectivity index (χ3v) is 2.43. The van der Waals surface area contributed by atoms with E-state index in [-0.39, 0.29) is 6.10 Å². The van der Waals surface area contributed by atoms with Crippen molar-refractivity contribution >= 4 is 0 Å². The van der Waals surface area contributed by atoms with Crippen molar-refractivity contribution in [2.45, 2.75) is 45.9 Å². The van der Waals surface area contributed by atoms with Crippen LogP contribution in [0, 0.1) is 11.3 Å². The van der Waals surface area contributed by atoms with Gasteiger partial charge in [0.25, 0.3) is 0 Å². The van der Waals surface area contributed by atoms with Gasteiger partial charge in [0.15, 0.2) is 6.10 Å². The van der Waals surface area contributed by atoms with Crippen molar-refractivity contribution in [1.82, 2.24) is 5.32 Å². The molecule has 0 aliphatic heterocycles. The predicted molar refractivity (Wildman–Crippen MR) is 68.7 cm³/mol. The highest BCUT2D eigenvalue weighted by Gasteiger charge is 2.05. The van der Waals surface area contributed by atoms with E-state index in [9.17, 15) is 0 Å². The number of hydrogen-bond acceptors (Lipinski definition) is 3. The summed E-state index contributed by atoms with van der Waals surface area (Å²) in [7, 11) is 0. The van der Waals surface area contributed by atoms with Crippen LogP contribution < -0.4 is 10.1 Å². The fourth-order valence-electron chi connectivity index (χ4n) is 1.37. The maximum absolute atomic E-state index is 8.80. The molecule has 1 N–H and O–H groups in total. The summed E-state index contributed by atoms with van der Waals surface area (Å²) in [6.45, 7) is 7.04. The van der Waals surface area contributed by atoms with E-state index >= 15 is 0 Å². The van der Waals surface area contributed by atoms with Crippen molar-refractivity contribution < 1.29 is 4.74 Å². The minimum Gasteiger partial charge on any atom is -0.476 e. The van der Waals surface area contributed by atoms with Gasteiger partial charge in [-0.05, 0) is 24.1 Å². The van der Waals surface area contributed by atoms with E-state index in [1.165, 1.54) is 5.56 Å². The maximum Gasteiger partial charge on any atom is 0.184 e. The summed E-state index contributed by atoms with van der Waals surface area (Å²) < 4.78 is 5.51. The van der Waals surface area contributed by atoms with Gasteiger partial charge < -0.3 is 10.1 Å². The van der Waals surface area contributed by atoms with Gasteiger partial charge in [-0.2, -0.15) is 5.26 Å². The SMILES string of the molecule is CCC(C#N)Oc1ccc(CNC(C)C)cc1. The average molecular weight is 232 g/mol. The third-order valence-electron chi connectivity index (χ3n) is 2.43. The summed E-state index contributed by atoms with van der Waals surface area (Å²) in [5, 5.41) is 12.2. The Labute approximate surface area is 103 Å². The number of nitrogens with one attached hydrogen (secondary N) is 1. The molecule has 0 saturated heterocycles. The van der Waals surface area contributed by atoms with Crippen LogP contribution in [0.15, 0.2) is 24.3 Å². The smallest absolute Gasteiger partial charge is 0.184 e. The molecular formula is C14H20N2O. The molecule has 0 fully saturated rings. The molecule has 0 spiro atoms. The van der Waals surface area contributed by atoms with Gasteiger partial charge in [0.1, 0.15) is 11.8 Å². The molecule has 0 aliphatic carbocycles. The molecule has 0 radical (unpaired) electrons. The first-order chi connectivity index (χ1) is 8.15. The number of nitrogens with zero attached hydrogens (tertiary/aromatic N) is 1. The molecular weight excluding hydrogens is 212 g/mol. The molecule has 17 heavy (non-hydrogen) atoms. The topological polar surface area (TPSA) is 45.0 Å². The molecule has 1 atom stereocenters. The summed E-state index contributed by atoms with van der Waals surface area (Å²) >= 11 is 0. The van der Waals surface area contributed by atoms with Crippen molar-refractivity contribution in [3.8, 4) is 11.8 Å². The van der Waals surface area contributed by atoms with E-state index in [0.29, 0.717) is 12.5 Å². The summed E-state index contributed by atoms with van der Waals surface area (Å²) in [5.74, 6) is 0.756. The highest BCUT2D eigenvalue weighted by Crippen LogP contribution is 2.14. The number of nitriles is 1. The first kappa shape index (κ1) is 13.5. The Balaban J connectivity index is 2.53. The van der Waals surface area contributed by atoms with Crippen molar-refractivity contribution in [3.63, 3.8) is 0 Å². The number of hydrogen-bond donors (Lipinski definition) is 1. The fraction of sp³-hybridized carbons (Fsp3) is 0.500. The van der Waals surface area contributed by atoms with Gasteiger partial charge in [-0.15, -0.1) is 0 Å². The minimum atomic E-state index is -0.352. The lowest BCUT2D eigenvalue weighted by molar-refractivity contribution is 0.252. The lowest BCUT2D eigenvalue weighted by atomic mass is 10.2. The number of ether oxygens (including phenoxy) is 1. The fourth-order valence-corrected chi connectivity index (χ4v) is 1.37. The molecule has 0 amide bonds. The molecule has 0 saturated carbocycles. The van der Waals surface area contributed by atoms with E-state index in [1.807, 2.05) is 31.2 Å². The van der Waals surface area contributed by atoms with Crippen LogP contribution in [0.4, 0.5) is 0 Å². The molecule has 92 valence electrons. The molecule has 3 nitrogen and oxygen atoms in total. The van der Waals surface area contributed by atoms with Crippen LogP contribution in [0.2, 0.25) is 0 Å². The normalized spacial score (nSPS) is 12.2. The Morgan fingerprint density at radius 2 is 1.94 bits per heavy atom. The highest BCUT2D eigenvalue weighted by atomic mass is 16.5. The number of benzene rings is 1. The zero-order valence-corrected chi connectivity index (χ0v) is 10.7. The van der Waals surface area contributed by atoms with E-state index < -0.39 is 0 Å². The zero-order valence-electron chi connectivity index (χ0n) is 10.7. The van der Waals surface area contributed by atoms with Crippen molar-refractivity contribution in [3.05, 3.63) is 29.8 Å². The van der Waals surface area contributed by atoms with Crippen LogP contribution in [0.25, 0.3) is 0 Å². The molecule has 1 rings (SSSR count). The molecule has 1 aromatic carbocycles. The zero-order chi connectivity index (χ0) is 12.7. The van der Waals surface area contributed by atoms with E-state index in [4.69, 9.17) is 10.00 Å². The molecule has 3 heteroatoms. The summed E-state index contributed by atoms with van der Waals surface area (Å²) in [6, 6.07) is 10.5. The van der Waals surface area contributed by atoms with Gasteiger partial charge in [-0.3, -0.25) is 0 Å². The second-order valence-corrected chi connectivity index (χ2v) is 4.32. The first-order valence-electron chi connectivity index (χ1n) is 6.04. The summed E-state index contributed by atoms with van der Waals surface area (Å²) in [4.78, 5) is 0. The van der Waals surface area contributed by atoms with Gasteiger partial charge in [0.2, 0.25) is 0 Å². The van der Waals surface area contributed by atoms with Crippen LogP contribution in [0.1, 0.15) is 32.8 Å². The monoisotopic (exact) mass is 232 g/mol. The second-order valence-electron chi connectivity index (χ2n) is 4.32. The minimum absolute atomic E-state index is 0.352. The third kappa shape index (κ3) is 4.88. The largest absolute Gasteiger partial charge is 0.476 e. The van der Waals surface area contributed by atoms with Crippen molar-refractivity contribution in [1.29, 1.82) is 5.26 Å². The van der Waals surface area contributed by atoms with Gasteiger partial charge in [0.05, 0.1) is 0 Å². The Morgan fingerprint density at radius 1 is 1.29 bits per heavy atom. The molecule has 1 aromatic rings. The Hall–Kier alpha value is -1.53. The van der Waals surface area contributed by atoms with Crippen LogP contribution >= 0.6 is 0 Å². The quantitative estimate of drug-likeness (QED) is 0.820. The molecule has 0 aliphatic rings. The van der Waals surface area contributed by atoms with Crippen molar-refractivity contribution in [2.24, 2.45) is 0 Å². The molecule has 0 aromatic heterocycles. The first-order valence-corrected chi connectivity index (χ1v) is 6.04. The van der Waals surface area contributed by atoms with Gasteiger partial charge in [0, 0.05) is 12.6 Å². The standard InChI is InChI=1S/C14H20N2O/c1-4-13(9-15)17-14-7-5-12(6-8-14)10-16-11(2)3/h5-8,11,13,16H,4,10H2,1-3H3. The molecule has 0 bridgehead atoms. The molecule has 1 unspecified atom stereocenters. The van der Waals surface area contributed by atoms with E-state index in [1.54, 1.807) is 0 Å². The lowest BCUT2D eigenvalue weighted by Gasteiger charge is -2.11. The van der Waals surface area contributed by atoms with Crippen molar-refractivity contribution in [2.75, 3.05) is 0 Å². The Bertz CT molecular complexity index is 365. The van der Waals surface area contributed by atoms with Crippen LogP contribution in [-0.4, -0.2) is 12.1 Å². The average Bonchev–Trinajstić information content (AvgIpc) is 2.34. The maximum atomic E-state index is 8.80. The highest BCUT2D eigenvalue weighted by molar-refractivity contribution is 5.27. The van der Waals surface area contributed by atoms with E-state index in [2.05, 4.69) is 25.2 Å². The lowest BCUT2D eigenvalue weighted by Crippen LogP contribution is -2.21. The van der Waals surface area contributed by atoms with Crippen LogP contribution in [0.5, 0.6) is 5.75 Å². The van der Waals surface area contributed by atoms with Gasteiger partial charge in [-0.1, -0.05) is 32.9 Å². The summed E-state index contributed by atoms with van der Waals surface area (Å²) in [5.41, 5.74) is 1.22. The van der Waals surface area contributed by atoms with Crippen LogP contribution in [0.3, 0.4) is 0 Å².